The number of rotatable bonds is 4. The molecule has 0 amide bonds. The summed E-state index contributed by atoms with van der Waals surface area (Å²) in [6.45, 7) is 9.59. The van der Waals surface area contributed by atoms with Crippen LogP contribution in [0.4, 0.5) is 11.4 Å². The van der Waals surface area contributed by atoms with Gasteiger partial charge in [-0.15, -0.1) is 0 Å². The molecule has 0 aliphatic carbocycles. The third-order valence-electron chi connectivity index (χ3n) is 3.44. The Balaban J connectivity index is 0.000000238. The average Bonchev–Trinajstić information content (AvgIpc) is 2.52. The Morgan fingerprint density at radius 1 is 1.00 bits per heavy atom. The minimum Gasteiger partial charge on any atom is -0.396 e. The molecule has 126 valence electrons. The van der Waals surface area contributed by atoms with Gasteiger partial charge in [0.05, 0.1) is 11.4 Å². The van der Waals surface area contributed by atoms with Crippen LogP contribution in [-0.4, -0.2) is 6.54 Å². The smallest absolute Gasteiger partial charge is 0.0729 e. The summed E-state index contributed by atoms with van der Waals surface area (Å²) in [5.74, 6) is 0.653. The Morgan fingerprint density at radius 2 is 1.57 bits per heavy atom. The highest BCUT2D eigenvalue weighted by Gasteiger charge is 2.06. The predicted molar refractivity (Wildman–Crippen MR) is 110 cm³/mol. The fourth-order valence-electron chi connectivity index (χ4n) is 1.95. The SMILES string of the molecule is CCCNc1c(Br)ccc(Br)c1N.Cc1ccc(C(C)C)cc1. The summed E-state index contributed by atoms with van der Waals surface area (Å²) in [5.41, 5.74) is 10.4. The van der Waals surface area contributed by atoms with Crippen LogP contribution < -0.4 is 11.1 Å². The van der Waals surface area contributed by atoms with Crippen molar-refractivity contribution >= 4 is 43.2 Å². The van der Waals surface area contributed by atoms with E-state index in [4.69, 9.17) is 5.73 Å². The Bertz CT molecular complexity index is 608. The van der Waals surface area contributed by atoms with Crippen LogP contribution >= 0.6 is 31.9 Å². The van der Waals surface area contributed by atoms with Gasteiger partial charge in [0.1, 0.15) is 0 Å². The lowest BCUT2D eigenvalue weighted by Gasteiger charge is -2.11. The van der Waals surface area contributed by atoms with Crippen LogP contribution in [0, 0.1) is 6.92 Å². The highest BCUT2D eigenvalue weighted by atomic mass is 79.9. The fourth-order valence-corrected chi connectivity index (χ4v) is 2.76. The lowest BCUT2D eigenvalue weighted by Crippen LogP contribution is -2.04. The van der Waals surface area contributed by atoms with E-state index in [1.165, 1.54) is 11.1 Å². The standard InChI is InChI=1S/C10H14.C9H12Br2N2/c1-8(2)10-6-4-9(3)5-7-10;1-2-5-13-9-7(11)4-3-6(10)8(9)12/h4-8H,1-3H3;3-4,13H,2,5,12H2,1H3. The molecule has 0 heterocycles. The largest absolute Gasteiger partial charge is 0.396 e. The number of hydrogen-bond donors (Lipinski definition) is 2. The Kier molecular flexibility index (Phi) is 8.71. The second-order valence-corrected chi connectivity index (χ2v) is 7.52. The molecule has 0 aromatic heterocycles. The molecule has 0 aliphatic heterocycles. The van der Waals surface area contributed by atoms with Gasteiger partial charge in [0.2, 0.25) is 0 Å². The van der Waals surface area contributed by atoms with E-state index in [9.17, 15) is 0 Å². The first-order chi connectivity index (χ1) is 10.9. The van der Waals surface area contributed by atoms with Gasteiger partial charge in [0.25, 0.3) is 0 Å². The summed E-state index contributed by atoms with van der Waals surface area (Å²) in [7, 11) is 0. The Morgan fingerprint density at radius 3 is 2.09 bits per heavy atom. The number of halogens is 2. The molecule has 2 aromatic carbocycles. The van der Waals surface area contributed by atoms with E-state index in [-0.39, 0.29) is 0 Å². The van der Waals surface area contributed by atoms with Gasteiger partial charge in [-0.3, -0.25) is 0 Å². The number of aryl methyl sites for hydroxylation is 1. The van der Waals surface area contributed by atoms with Gasteiger partial charge in [0, 0.05) is 15.5 Å². The highest BCUT2D eigenvalue weighted by Crippen LogP contribution is 2.34. The van der Waals surface area contributed by atoms with Crippen molar-refractivity contribution in [3.63, 3.8) is 0 Å². The molecule has 0 saturated heterocycles. The topological polar surface area (TPSA) is 38.0 Å². The zero-order valence-electron chi connectivity index (χ0n) is 14.3. The maximum Gasteiger partial charge on any atom is 0.0729 e. The lowest BCUT2D eigenvalue weighted by atomic mass is 10.0. The van der Waals surface area contributed by atoms with Crippen LogP contribution in [0.3, 0.4) is 0 Å². The zero-order valence-corrected chi connectivity index (χ0v) is 17.5. The summed E-state index contributed by atoms with van der Waals surface area (Å²) in [4.78, 5) is 0. The predicted octanol–water partition coefficient (Wildman–Crippen LogP) is 6.73. The van der Waals surface area contributed by atoms with Gasteiger partial charge in [-0.25, -0.2) is 0 Å². The number of anilines is 2. The van der Waals surface area contributed by atoms with Crippen LogP contribution in [0.1, 0.15) is 44.2 Å². The van der Waals surface area contributed by atoms with Gasteiger partial charge in [-0.1, -0.05) is 50.6 Å². The summed E-state index contributed by atoms with van der Waals surface area (Å²) in [5, 5.41) is 3.27. The minimum atomic E-state index is 0.653. The van der Waals surface area contributed by atoms with Crippen molar-refractivity contribution < 1.29 is 0 Å². The van der Waals surface area contributed by atoms with E-state index >= 15 is 0 Å². The van der Waals surface area contributed by atoms with Gasteiger partial charge in [-0.2, -0.15) is 0 Å². The van der Waals surface area contributed by atoms with E-state index in [2.05, 4.69) is 89.1 Å². The molecule has 0 unspecified atom stereocenters. The first-order valence-electron chi connectivity index (χ1n) is 7.90. The van der Waals surface area contributed by atoms with Gasteiger partial charge in [-0.05, 0) is 68.8 Å². The summed E-state index contributed by atoms with van der Waals surface area (Å²) in [6, 6.07) is 12.6. The number of hydrogen-bond acceptors (Lipinski definition) is 2. The molecule has 0 fully saturated rings. The van der Waals surface area contributed by atoms with Crippen molar-refractivity contribution in [3.8, 4) is 0 Å². The maximum atomic E-state index is 5.88. The molecule has 0 bridgehead atoms. The zero-order chi connectivity index (χ0) is 17.4. The van der Waals surface area contributed by atoms with Gasteiger partial charge >= 0.3 is 0 Å². The van der Waals surface area contributed by atoms with E-state index in [0.717, 1.165) is 33.3 Å². The van der Waals surface area contributed by atoms with Gasteiger partial charge < -0.3 is 11.1 Å². The van der Waals surface area contributed by atoms with Crippen molar-refractivity contribution in [1.29, 1.82) is 0 Å². The highest BCUT2D eigenvalue weighted by molar-refractivity contribution is 9.11. The van der Waals surface area contributed by atoms with Crippen LogP contribution in [0.15, 0.2) is 45.3 Å². The van der Waals surface area contributed by atoms with Crippen LogP contribution in [0.25, 0.3) is 0 Å². The van der Waals surface area contributed by atoms with Crippen LogP contribution in [0.5, 0.6) is 0 Å². The first kappa shape index (κ1) is 20.0. The second-order valence-electron chi connectivity index (χ2n) is 5.81. The molecule has 0 spiro atoms. The minimum absolute atomic E-state index is 0.653. The van der Waals surface area contributed by atoms with Gasteiger partial charge in [0.15, 0.2) is 0 Å². The summed E-state index contributed by atoms with van der Waals surface area (Å²) in [6.07, 6.45) is 1.08. The van der Waals surface area contributed by atoms with Crippen molar-refractivity contribution in [2.75, 3.05) is 17.6 Å². The molecule has 0 radical (unpaired) electrons. The van der Waals surface area contributed by atoms with Crippen LogP contribution in [0.2, 0.25) is 0 Å². The fraction of sp³-hybridized carbons (Fsp3) is 0.368. The number of nitrogen functional groups attached to an aromatic ring is 1. The van der Waals surface area contributed by atoms with E-state index in [0.29, 0.717) is 5.92 Å². The number of nitrogens with one attached hydrogen (secondary N) is 1. The van der Waals surface area contributed by atoms with Crippen molar-refractivity contribution in [2.45, 2.75) is 40.0 Å². The third kappa shape index (κ3) is 6.56. The monoisotopic (exact) mass is 440 g/mol. The van der Waals surface area contributed by atoms with Crippen molar-refractivity contribution in [3.05, 3.63) is 56.5 Å². The molecule has 2 nitrogen and oxygen atoms in total. The lowest BCUT2D eigenvalue weighted by molar-refractivity contribution is 0.866. The molecule has 0 atom stereocenters. The number of nitrogens with two attached hydrogens (primary N) is 1. The quantitative estimate of drug-likeness (QED) is 0.515. The van der Waals surface area contributed by atoms with E-state index in [1.54, 1.807) is 0 Å². The molecule has 0 saturated carbocycles. The van der Waals surface area contributed by atoms with E-state index in [1.807, 2.05) is 12.1 Å². The molecular weight excluding hydrogens is 416 g/mol. The molecule has 3 N–H and O–H groups in total. The van der Waals surface area contributed by atoms with E-state index < -0.39 is 0 Å². The van der Waals surface area contributed by atoms with Crippen LogP contribution in [-0.2, 0) is 0 Å². The normalized spacial score (nSPS) is 10.2. The third-order valence-corrected chi connectivity index (χ3v) is 4.79. The summed E-state index contributed by atoms with van der Waals surface area (Å²) >= 11 is 6.83. The Hall–Kier alpha value is -1.00. The second kappa shape index (κ2) is 9.99. The molecule has 0 aliphatic rings. The Labute approximate surface area is 157 Å². The number of benzene rings is 2. The van der Waals surface area contributed by atoms with Crippen molar-refractivity contribution in [2.24, 2.45) is 0 Å². The molecule has 2 rings (SSSR count). The first-order valence-corrected chi connectivity index (χ1v) is 9.49. The molecule has 4 heteroatoms. The van der Waals surface area contributed by atoms with Crippen molar-refractivity contribution in [1.82, 2.24) is 0 Å². The molecular formula is C19H26Br2N2. The molecule has 23 heavy (non-hydrogen) atoms. The average molecular weight is 442 g/mol. The summed E-state index contributed by atoms with van der Waals surface area (Å²) < 4.78 is 1.93. The maximum absolute atomic E-state index is 5.88. The molecule has 2 aromatic rings.